The molecular formula is C11H19N3O. The molecule has 2 aliphatic rings. The molecule has 0 bridgehead atoms. The zero-order valence-electron chi connectivity index (χ0n) is 8.93. The molecule has 4 heteroatoms. The summed E-state index contributed by atoms with van der Waals surface area (Å²) in [6.45, 7) is 1.70. The van der Waals surface area contributed by atoms with E-state index in [0.717, 1.165) is 32.5 Å². The van der Waals surface area contributed by atoms with Crippen LogP contribution in [0.3, 0.4) is 0 Å². The number of nitrogens with two attached hydrogens (primary N) is 2. The largest absolute Gasteiger partial charge is 0.381 e. The van der Waals surface area contributed by atoms with Crippen molar-refractivity contribution in [1.29, 1.82) is 0 Å². The molecule has 0 spiro atoms. The Hall–Kier alpha value is -0.710. The number of nitrogens with zero attached hydrogens (tertiary/aromatic N) is 1. The Bertz CT molecular complexity index is 271. The maximum Gasteiger partial charge on any atom is 0.119 e. The zero-order valence-corrected chi connectivity index (χ0v) is 8.93. The van der Waals surface area contributed by atoms with Gasteiger partial charge in [-0.05, 0) is 31.3 Å². The molecule has 0 amide bonds. The van der Waals surface area contributed by atoms with Crippen LogP contribution in [0, 0.1) is 5.92 Å². The van der Waals surface area contributed by atoms with Gasteiger partial charge in [-0.2, -0.15) is 0 Å². The van der Waals surface area contributed by atoms with Crippen molar-refractivity contribution in [3.63, 3.8) is 0 Å². The van der Waals surface area contributed by atoms with E-state index in [9.17, 15) is 0 Å². The van der Waals surface area contributed by atoms with Gasteiger partial charge in [0.05, 0.1) is 5.54 Å². The number of dihydropyridines is 1. The molecule has 2 heterocycles. The van der Waals surface area contributed by atoms with Gasteiger partial charge in [0, 0.05) is 19.4 Å². The van der Waals surface area contributed by atoms with Crippen LogP contribution in [0.15, 0.2) is 17.1 Å². The summed E-state index contributed by atoms with van der Waals surface area (Å²) in [7, 11) is 0. The lowest BCUT2D eigenvalue weighted by atomic mass is 9.81. The highest BCUT2D eigenvalue weighted by Gasteiger charge is 2.34. The molecule has 0 aliphatic carbocycles. The summed E-state index contributed by atoms with van der Waals surface area (Å²) in [6.07, 6.45) is 8.38. The third-order valence-electron chi connectivity index (χ3n) is 3.27. The van der Waals surface area contributed by atoms with Crippen LogP contribution in [-0.2, 0) is 4.74 Å². The first-order chi connectivity index (χ1) is 7.21. The summed E-state index contributed by atoms with van der Waals surface area (Å²) < 4.78 is 5.33. The van der Waals surface area contributed by atoms with Crippen LogP contribution < -0.4 is 11.5 Å². The minimum absolute atomic E-state index is 0.301. The highest BCUT2D eigenvalue weighted by Crippen LogP contribution is 2.27. The quantitative estimate of drug-likeness (QED) is 0.692. The van der Waals surface area contributed by atoms with E-state index >= 15 is 0 Å². The van der Waals surface area contributed by atoms with Gasteiger partial charge in [-0.25, -0.2) is 0 Å². The Morgan fingerprint density at radius 2 is 2.13 bits per heavy atom. The lowest BCUT2D eigenvalue weighted by Crippen LogP contribution is -2.55. The van der Waals surface area contributed by atoms with Crippen LogP contribution in [0.2, 0.25) is 0 Å². The number of ether oxygens (including phenoxy) is 1. The van der Waals surface area contributed by atoms with E-state index in [-0.39, 0.29) is 6.17 Å². The third kappa shape index (κ3) is 2.45. The molecule has 0 radical (unpaired) electrons. The van der Waals surface area contributed by atoms with E-state index in [1.165, 1.54) is 0 Å². The minimum atomic E-state index is -0.462. The number of aliphatic imine (C=N–C) groups is 1. The molecule has 0 aromatic rings. The molecule has 0 saturated carbocycles. The molecule has 2 unspecified atom stereocenters. The maximum absolute atomic E-state index is 6.27. The number of hydrogen-bond donors (Lipinski definition) is 2. The van der Waals surface area contributed by atoms with Crippen molar-refractivity contribution in [2.75, 3.05) is 13.2 Å². The van der Waals surface area contributed by atoms with E-state index < -0.39 is 5.54 Å². The molecular weight excluding hydrogens is 190 g/mol. The van der Waals surface area contributed by atoms with Crippen molar-refractivity contribution in [3.8, 4) is 0 Å². The minimum Gasteiger partial charge on any atom is -0.381 e. The van der Waals surface area contributed by atoms with Crippen LogP contribution in [0.5, 0.6) is 0 Å². The second-order valence-electron chi connectivity index (χ2n) is 4.47. The molecule has 2 atom stereocenters. The summed E-state index contributed by atoms with van der Waals surface area (Å²) in [4.78, 5) is 4.16. The van der Waals surface area contributed by atoms with Gasteiger partial charge in [-0.1, -0.05) is 6.08 Å². The average molecular weight is 209 g/mol. The number of hydrogen-bond acceptors (Lipinski definition) is 4. The van der Waals surface area contributed by atoms with Gasteiger partial charge >= 0.3 is 0 Å². The first-order valence-electron chi connectivity index (χ1n) is 5.54. The van der Waals surface area contributed by atoms with E-state index in [1.54, 1.807) is 6.21 Å². The van der Waals surface area contributed by atoms with Crippen LogP contribution in [-0.4, -0.2) is 31.1 Å². The van der Waals surface area contributed by atoms with E-state index in [2.05, 4.69) is 4.99 Å². The smallest absolute Gasteiger partial charge is 0.119 e. The monoisotopic (exact) mass is 209 g/mol. The van der Waals surface area contributed by atoms with Gasteiger partial charge in [0.1, 0.15) is 6.17 Å². The third-order valence-corrected chi connectivity index (χ3v) is 3.27. The normalized spacial score (nSPS) is 37.1. The molecule has 4 N–H and O–H groups in total. The summed E-state index contributed by atoms with van der Waals surface area (Å²) >= 11 is 0. The Balaban J connectivity index is 1.97. The highest BCUT2D eigenvalue weighted by atomic mass is 16.5. The fourth-order valence-electron chi connectivity index (χ4n) is 2.24. The van der Waals surface area contributed by atoms with E-state index in [1.807, 2.05) is 12.2 Å². The fourth-order valence-corrected chi connectivity index (χ4v) is 2.24. The molecule has 0 aromatic heterocycles. The molecule has 84 valence electrons. The molecule has 4 nitrogen and oxygen atoms in total. The summed E-state index contributed by atoms with van der Waals surface area (Å²) in [5.41, 5.74) is 11.7. The van der Waals surface area contributed by atoms with Gasteiger partial charge in [0.2, 0.25) is 0 Å². The van der Waals surface area contributed by atoms with Crippen LogP contribution >= 0.6 is 0 Å². The zero-order chi connectivity index (χ0) is 10.7. The van der Waals surface area contributed by atoms with Crippen molar-refractivity contribution < 1.29 is 4.74 Å². The van der Waals surface area contributed by atoms with Crippen molar-refractivity contribution in [2.45, 2.75) is 31.0 Å². The Morgan fingerprint density at radius 3 is 2.80 bits per heavy atom. The van der Waals surface area contributed by atoms with Crippen molar-refractivity contribution in [2.24, 2.45) is 22.4 Å². The maximum atomic E-state index is 6.27. The second kappa shape index (κ2) is 4.43. The van der Waals surface area contributed by atoms with Crippen LogP contribution in [0.1, 0.15) is 19.3 Å². The molecule has 0 aromatic carbocycles. The topological polar surface area (TPSA) is 73.6 Å². The Kier molecular flexibility index (Phi) is 3.19. The first-order valence-corrected chi connectivity index (χ1v) is 5.54. The molecule has 1 saturated heterocycles. The molecule has 1 fully saturated rings. The predicted octanol–water partition coefficient (Wildman–Crippen LogP) is 0.426. The van der Waals surface area contributed by atoms with Crippen LogP contribution in [0.4, 0.5) is 0 Å². The number of allylic oxidation sites excluding steroid dienone is 1. The van der Waals surface area contributed by atoms with Gasteiger partial charge in [0.15, 0.2) is 0 Å². The average Bonchev–Trinajstić information content (AvgIpc) is 2.24. The Morgan fingerprint density at radius 1 is 1.40 bits per heavy atom. The summed E-state index contributed by atoms with van der Waals surface area (Å²) in [5.74, 6) is 0.618. The standard InChI is InChI=1S/C11H19N3O/c12-10-11(13,4-1-5-14-10)8-9-2-6-15-7-3-9/h1,4-5,9-10H,2-3,6-8,12-13H2. The lowest BCUT2D eigenvalue weighted by molar-refractivity contribution is 0.0574. The number of rotatable bonds is 2. The first kappa shape index (κ1) is 10.8. The molecule has 2 aliphatic heterocycles. The van der Waals surface area contributed by atoms with Gasteiger partial charge < -0.3 is 16.2 Å². The van der Waals surface area contributed by atoms with Gasteiger partial charge in [0.25, 0.3) is 0 Å². The van der Waals surface area contributed by atoms with Gasteiger partial charge in [-0.15, -0.1) is 0 Å². The fraction of sp³-hybridized carbons (Fsp3) is 0.727. The van der Waals surface area contributed by atoms with Crippen molar-refractivity contribution >= 4 is 6.21 Å². The summed E-state index contributed by atoms with van der Waals surface area (Å²) in [6, 6.07) is 0. The highest BCUT2D eigenvalue weighted by molar-refractivity contribution is 5.73. The summed E-state index contributed by atoms with van der Waals surface area (Å²) in [5, 5.41) is 0. The van der Waals surface area contributed by atoms with Crippen molar-refractivity contribution in [1.82, 2.24) is 0 Å². The second-order valence-corrected chi connectivity index (χ2v) is 4.47. The molecule has 2 rings (SSSR count). The van der Waals surface area contributed by atoms with Gasteiger partial charge in [-0.3, -0.25) is 4.99 Å². The predicted molar refractivity (Wildman–Crippen MR) is 60.7 cm³/mol. The van der Waals surface area contributed by atoms with Crippen molar-refractivity contribution in [3.05, 3.63) is 12.2 Å². The lowest BCUT2D eigenvalue weighted by Gasteiger charge is -2.36. The SMILES string of the molecule is NC1N=CC=CC1(N)CC1CCOCC1. The molecule has 15 heavy (non-hydrogen) atoms. The Labute approximate surface area is 90.4 Å². The van der Waals surface area contributed by atoms with E-state index in [0.29, 0.717) is 5.92 Å². The van der Waals surface area contributed by atoms with E-state index in [4.69, 9.17) is 16.2 Å². The van der Waals surface area contributed by atoms with Crippen LogP contribution in [0.25, 0.3) is 0 Å².